The predicted molar refractivity (Wildman–Crippen MR) is 58.6 cm³/mol. The van der Waals surface area contributed by atoms with Crippen molar-refractivity contribution in [2.24, 2.45) is 0 Å². The maximum atomic E-state index is 11.0. The predicted octanol–water partition coefficient (Wildman–Crippen LogP) is 1.75. The maximum absolute atomic E-state index is 11.0. The molecule has 1 aliphatic heterocycles. The van der Waals surface area contributed by atoms with Crippen LogP contribution in [0.15, 0.2) is 0 Å². The molecule has 0 saturated carbocycles. The summed E-state index contributed by atoms with van der Waals surface area (Å²) in [7, 11) is -1.39. The minimum Gasteiger partial charge on any atom is -0.431 e. The number of nitrogens with one attached hydrogen (secondary N) is 1. The van der Waals surface area contributed by atoms with Gasteiger partial charge in [0.1, 0.15) is 8.07 Å². The normalized spacial score (nSPS) is 24.6. The highest BCUT2D eigenvalue weighted by atomic mass is 28.3. The highest BCUT2D eigenvalue weighted by molar-refractivity contribution is 6.83. The van der Waals surface area contributed by atoms with Crippen molar-refractivity contribution in [2.75, 3.05) is 0 Å². The van der Waals surface area contributed by atoms with Crippen molar-refractivity contribution in [2.45, 2.75) is 45.1 Å². The van der Waals surface area contributed by atoms with Gasteiger partial charge in [0.2, 0.25) is 0 Å². The molecule has 3 nitrogen and oxygen atoms in total. The van der Waals surface area contributed by atoms with Crippen LogP contribution in [0.25, 0.3) is 0 Å². The molecule has 1 N–H and O–H groups in total. The summed E-state index contributed by atoms with van der Waals surface area (Å²) in [6.45, 7) is 10.3. The lowest BCUT2D eigenvalue weighted by molar-refractivity contribution is 0.149. The van der Waals surface area contributed by atoms with Crippen LogP contribution in [0.4, 0.5) is 4.79 Å². The summed E-state index contributed by atoms with van der Waals surface area (Å²) in [6.07, 6.45) is -0.688. The zero-order valence-electron chi connectivity index (χ0n) is 9.39. The molecular formula is C10H17NO2Si. The molecule has 4 heteroatoms. The van der Waals surface area contributed by atoms with E-state index in [0.717, 1.165) is 0 Å². The van der Waals surface area contributed by atoms with Gasteiger partial charge in [0.25, 0.3) is 0 Å². The SMILES string of the molecule is CC1(C)NC(=O)OC1C#C[Si](C)(C)C. The number of amides is 1. The molecule has 0 aliphatic carbocycles. The maximum Gasteiger partial charge on any atom is 0.409 e. The van der Waals surface area contributed by atoms with Gasteiger partial charge in [-0.15, -0.1) is 5.54 Å². The zero-order valence-corrected chi connectivity index (χ0v) is 10.4. The van der Waals surface area contributed by atoms with Crippen LogP contribution in [0.5, 0.6) is 0 Å². The molecule has 1 amide bonds. The molecule has 0 spiro atoms. The van der Waals surface area contributed by atoms with Gasteiger partial charge in [-0.2, -0.15) is 0 Å². The van der Waals surface area contributed by atoms with Crippen molar-refractivity contribution < 1.29 is 9.53 Å². The molecule has 0 aromatic carbocycles. The van der Waals surface area contributed by atoms with E-state index in [1.165, 1.54) is 0 Å². The highest BCUT2D eigenvalue weighted by Crippen LogP contribution is 2.19. The van der Waals surface area contributed by atoms with E-state index in [-0.39, 0.29) is 17.7 Å². The summed E-state index contributed by atoms with van der Waals surface area (Å²) in [5.41, 5.74) is 2.84. The second-order valence-electron chi connectivity index (χ2n) is 5.15. The average molecular weight is 211 g/mol. The summed E-state index contributed by atoms with van der Waals surface area (Å²) in [4.78, 5) is 11.0. The topological polar surface area (TPSA) is 38.3 Å². The van der Waals surface area contributed by atoms with Crippen LogP contribution in [0.2, 0.25) is 19.6 Å². The van der Waals surface area contributed by atoms with E-state index in [9.17, 15) is 4.79 Å². The summed E-state index contributed by atoms with van der Waals surface area (Å²) >= 11 is 0. The average Bonchev–Trinajstić information content (AvgIpc) is 2.18. The Morgan fingerprint density at radius 2 is 2.00 bits per heavy atom. The smallest absolute Gasteiger partial charge is 0.409 e. The molecule has 1 aliphatic rings. The van der Waals surface area contributed by atoms with Crippen LogP contribution >= 0.6 is 0 Å². The van der Waals surface area contributed by atoms with E-state index in [1.807, 2.05) is 13.8 Å². The van der Waals surface area contributed by atoms with Gasteiger partial charge in [-0.3, -0.25) is 0 Å². The number of carbonyl (C=O) groups is 1. The number of hydrogen-bond acceptors (Lipinski definition) is 2. The zero-order chi connectivity index (χ0) is 11.0. The lowest BCUT2D eigenvalue weighted by atomic mass is 10.00. The number of carbonyl (C=O) groups excluding carboxylic acids is 1. The Morgan fingerprint density at radius 1 is 1.43 bits per heavy atom. The molecule has 1 saturated heterocycles. The molecule has 1 rings (SSSR count). The Hall–Kier alpha value is -0.953. The summed E-state index contributed by atoms with van der Waals surface area (Å²) < 4.78 is 5.07. The van der Waals surface area contributed by atoms with Gasteiger partial charge in [-0.1, -0.05) is 25.6 Å². The fourth-order valence-electron chi connectivity index (χ4n) is 1.10. The van der Waals surface area contributed by atoms with Crippen LogP contribution < -0.4 is 5.32 Å². The van der Waals surface area contributed by atoms with E-state index >= 15 is 0 Å². The van der Waals surface area contributed by atoms with Gasteiger partial charge >= 0.3 is 6.09 Å². The fraction of sp³-hybridized carbons (Fsp3) is 0.700. The minimum atomic E-state index is -1.39. The first kappa shape index (κ1) is 11.1. The van der Waals surface area contributed by atoms with Crippen molar-refractivity contribution in [1.82, 2.24) is 5.32 Å². The molecule has 0 aromatic rings. The second kappa shape index (κ2) is 3.32. The lowest BCUT2D eigenvalue weighted by Crippen LogP contribution is -2.41. The molecule has 1 heterocycles. The standard InChI is InChI=1S/C10H17NO2Si/c1-10(2)8(13-9(12)11-10)6-7-14(3,4)5/h8H,1-5H3,(H,11,12). The Labute approximate surface area is 86.2 Å². The fourth-order valence-corrected chi connectivity index (χ4v) is 1.67. The van der Waals surface area contributed by atoms with E-state index in [4.69, 9.17) is 4.74 Å². The van der Waals surface area contributed by atoms with Crippen LogP contribution in [0, 0.1) is 11.5 Å². The van der Waals surface area contributed by atoms with Gasteiger partial charge < -0.3 is 10.1 Å². The molecule has 1 fully saturated rings. The number of cyclic esters (lactones) is 1. The number of hydrogen-bond donors (Lipinski definition) is 1. The lowest BCUT2D eigenvalue weighted by Gasteiger charge is -2.19. The van der Waals surface area contributed by atoms with Crippen molar-refractivity contribution in [3.05, 3.63) is 0 Å². The Morgan fingerprint density at radius 3 is 2.36 bits per heavy atom. The van der Waals surface area contributed by atoms with Gasteiger partial charge in [-0.25, -0.2) is 4.79 Å². The van der Waals surface area contributed by atoms with Crippen molar-refractivity contribution in [1.29, 1.82) is 0 Å². The monoisotopic (exact) mass is 211 g/mol. The number of ether oxygens (including phenoxy) is 1. The van der Waals surface area contributed by atoms with E-state index in [2.05, 4.69) is 36.4 Å². The summed E-state index contributed by atoms with van der Waals surface area (Å²) in [6, 6.07) is 0. The molecular weight excluding hydrogens is 194 g/mol. The van der Waals surface area contributed by atoms with Gasteiger partial charge in [0.05, 0.1) is 5.54 Å². The Balaban J connectivity index is 2.79. The highest BCUT2D eigenvalue weighted by Gasteiger charge is 2.40. The van der Waals surface area contributed by atoms with E-state index < -0.39 is 8.07 Å². The molecule has 0 aromatic heterocycles. The first-order chi connectivity index (χ1) is 6.21. The summed E-state index contributed by atoms with van der Waals surface area (Å²) in [5.74, 6) is 3.05. The van der Waals surface area contributed by atoms with Crippen molar-refractivity contribution >= 4 is 14.2 Å². The third kappa shape index (κ3) is 2.77. The number of alkyl carbamates (subject to hydrolysis) is 1. The molecule has 14 heavy (non-hydrogen) atoms. The minimum absolute atomic E-state index is 0.318. The molecule has 0 bridgehead atoms. The third-order valence-corrected chi connectivity index (χ3v) is 2.78. The largest absolute Gasteiger partial charge is 0.431 e. The quantitative estimate of drug-likeness (QED) is 0.490. The molecule has 1 atom stereocenters. The molecule has 1 unspecified atom stereocenters. The molecule has 78 valence electrons. The molecule has 0 radical (unpaired) electrons. The number of rotatable bonds is 0. The van der Waals surface area contributed by atoms with Crippen LogP contribution in [0.1, 0.15) is 13.8 Å². The van der Waals surface area contributed by atoms with Crippen LogP contribution in [-0.4, -0.2) is 25.8 Å². The van der Waals surface area contributed by atoms with Crippen molar-refractivity contribution in [3.8, 4) is 11.5 Å². The van der Waals surface area contributed by atoms with Crippen LogP contribution in [0.3, 0.4) is 0 Å². The van der Waals surface area contributed by atoms with Gasteiger partial charge in [-0.05, 0) is 13.8 Å². The Bertz CT molecular complexity index is 306. The van der Waals surface area contributed by atoms with Crippen molar-refractivity contribution in [3.63, 3.8) is 0 Å². The van der Waals surface area contributed by atoms with Crippen LogP contribution in [-0.2, 0) is 4.74 Å². The third-order valence-electron chi connectivity index (χ3n) is 1.88. The van der Waals surface area contributed by atoms with Gasteiger partial charge in [0, 0.05) is 0 Å². The first-order valence-corrected chi connectivity index (χ1v) is 8.22. The van der Waals surface area contributed by atoms with E-state index in [0.29, 0.717) is 0 Å². The second-order valence-corrected chi connectivity index (χ2v) is 9.90. The van der Waals surface area contributed by atoms with E-state index in [1.54, 1.807) is 0 Å². The summed E-state index contributed by atoms with van der Waals surface area (Å²) in [5, 5.41) is 2.73. The first-order valence-electron chi connectivity index (χ1n) is 4.72. The van der Waals surface area contributed by atoms with Gasteiger partial charge in [0.15, 0.2) is 6.10 Å². The Kier molecular flexibility index (Phi) is 2.64.